The molecule has 2 aromatic heterocycles. The van der Waals surface area contributed by atoms with Gasteiger partial charge < -0.3 is 10.1 Å². The van der Waals surface area contributed by atoms with Gasteiger partial charge in [0, 0.05) is 6.04 Å². The fourth-order valence-electron chi connectivity index (χ4n) is 3.50. The van der Waals surface area contributed by atoms with Crippen molar-refractivity contribution in [3.63, 3.8) is 0 Å². The molecule has 1 fully saturated rings. The second kappa shape index (κ2) is 7.75. The van der Waals surface area contributed by atoms with Gasteiger partial charge in [0.1, 0.15) is 12.1 Å². The first-order valence-corrected chi connectivity index (χ1v) is 9.17. The molecule has 1 aliphatic carbocycles. The summed E-state index contributed by atoms with van der Waals surface area (Å²) in [6, 6.07) is 5.50. The van der Waals surface area contributed by atoms with Gasteiger partial charge in [0.15, 0.2) is 5.65 Å². The molecule has 0 bridgehead atoms. The first-order chi connectivity index (χ1) is 13.5. The third-order valence-corrected chi connectivity index (χ3v) is 5.00. The predicted molar refractivity (Wildman–Crippen MR) is 97.8 cm³/mol. The third kappa shape index (κ3) is 4.24. The maximum Gasteiger partial charge on any atom is 0.416 e. The highest BCUT2D eigenvalue weighted by Crippen LogP contribution is 2.29. The van der Waals surface area contributed by atoms with Crippen LogP contribution in [-0.4, -0.2) is 38.9 Å². The zero-order chi connectivity index (χ0) is 19.6. The lowest BCUT2D eigenvalue weighted by molar-refractivity contribution is -0.137. The van der Waals surface area contributed by atoms with Gasteiger partial charge >= 0.3 is 6.18 Å². The van der Waals surface area contributed by atoms with E-state index in [-0.39, 0.29) is 12.1 Å². The molecule has 0 unspecified atom stereocenters. The summed E-state index contributed by atoms with van der Waals surface area (Å²) in [5.74, 6) is 0.758. The Morgan fingerprint density at radius 3 is 2.75 bits per heavy atom. The summed E-state index contributed by atoms with van der Waals surface area (Å²) in [5.41, 5.74) is 0.905. The van der Waals surface area contributed by atoms with E-state index in [9.17, 15) is 13.2 Å². The number of alkyl halides is 3. The Balaban J connectivity index is 1.24. The van der Waals surface area contributed by atoms with Crippen LogP contribution in [0.2, 0.25) is 0 Å². The number of hydrogen-bond acceptors (Lipinski definition) is 5. The van der Waals surface area contributed by atoms with E-state index >= 15 is 0 Å². The molecule has 0 amide bonds. The molecule has 0 radical (unpaired) electrons. The Hall–Kier alpha value is -2.68. The van der Waals surface area contributed by atoms with E-state index in [4.69, 9.17) is 4.74 Å². The molecule has 148 valence electrons. The molecule has 4 rings (SSSR count). The van der Waals surface area contributed by atoms with Gasteiger partial charge in [-0.3, -0.25) is 5.10 Å². The second-order valence-electron chi connectivity index (χ2n) is 6.95. The topological polar surface area (TPSA) is 75.7 Å². The minimum Gasteiger partial charge on any atom is -0.378 e. The fourth-order valence-corrected chi connectivity index (χ4v) is 3.50. The molecule has 0 aliphatic heterocycles. The number of anilines is 1. The molecule has 0 spiro atoms. The van der Waals surface area contributed by atoms with Crippen LogP contribution in [0.25, 0.3) is 11.0 Å². The number of hydrogen-bond donors (Lipinski definition) is 2. The highest BCUT2D eigenvalue weighted by molar-refractivity contribution is 5.85. The predicted octanol–water partition coefficient (Wildman–Crippen LogP) is 3.96. The second-order valence-corrected chi connectivity index (χ2v) is 6.95. The van der Waals surface area contributed by atoms with E-state index in [0.29, 0.717) is 18.7 Å². The summed E-state index contributed by atoms with van der Waals surface area (Å²) < 4.78 is 43.7. The number of H-pyrrole nitrogens is 1. The molecule has 0 saturated heterocycles. The van der Waals surface area contributed by atoms with E-state index in [1.54, 1.807) is 6.20 Å². The van der Waals surface area contributed by atoms with Crippen molar-refractivity contribution in [2.45, 2.75) is 44.0 Å². The molecular weight excluding hydrogens is 371 g/mol. The fraction of sp³-hybridized carbons (Fsp3) is 0.421. The number of fused-ring (bicyclic) bond motifs is 1. The van der Waals surface area contributed by atoms with Gasteiger partial charge in [0.25, 0.3) is 0 Å². The summed E-state index contributed by atoms with van der Waals surface area (Å²) in [5, 5.41) is 11.1. The number of benzene rings is 1. The van der Waals surface area contributed by atoms with Gasteiger partial charge in [-0.1, -0.05) is 12.1 Å². The number of nitrogens with one attached hydrogen (secondary N) is 2. The average Bonchev–Trinajstić information content (AvgIpc) is 3.31. The maximum atomic E-state index is 12.6. The smallest absolute Gasteiger partial charge is 0.378 e. The van der Waals surface area contributed by atoms with Gasteiger partial charge in [0.2, 0.25) is 0 Å². The number of aromatic nitrogens is 4. The molecule has 1 aromatic carbocycles. The molecule has 2 heterocycles. The Bertz CT molecular complexity index is 925. The molecule has 2 N–H and O–H groups in total. The van der Waals surface area contributed by atoms with Crippen molar-refractivity contribution in [2.24, 2.45) is 0 Å². The Kier molecular flexibility index (Phi) is 5.17. The lowest BCUT2D eigenvalue weighted by Gasteiger charge is -2.15. The largest absolute Gasteiger partial charge is 0.416 e. The normalized spacial score (nSPS) is 20.0. The summed E-state index contributed by atoms with van der Waals surface area (Å²) in [7, 11) is 0. The SMILES string of the molecule is FC(F)(F)c1ccc(CCO[C@H]2CC[C@H](Nc3ncnc4[nH]ncc34)C2)cc1. The van der Waals surface area contributed by atoms with Crippen molar-refractivity contribution in [2.75, 3.05) is 11.9 Å². The first-order valence-electron chi connectivity index (χ1n) is 9.17. The molecule has 28 heavy (non-hydrogen) atoms. The molecule has 2 atom stereocenters. The average molecular weight is 391 g/mol. The Morgan fingerprint density at radius 2 is 1.96 bits per heavy atom. The Morgan fingerprint density at radius 1 is 1.14 bits per heavy atom. The van der Waals surface area contributed by atoms with Gasteiger partial charge in [-0.05, 0) is 43.4 Å². The van der Waals surface area contributed by atoms with Crippen molar-refractivity contribution in [3.8, 4) is 0 Å². The lowest BCUT2D eigenvalue weighted by atomic mass is 10.1. The molecule has 1 saturated carbocycles. The van der Waals surface area contributed by atoms with Crippen LogP contribution in [0.15, 0.2) is 36.8 Å². The quantitative estimate of drug-likeness (QED) is 0.665. The molecule has 9 heteroatoms. The number of halogens is 3. The summed E-state index contributed by atoms with van der Waals surface area (Å²) in [6.07, 6.45) is 2.38. The van der Waals surface area contributed by atoms with E-state index in [0.717, 1.165) is 48.2 Å². The van der Waals surface area contributed by atoms with Gasteiger partial charge in [-0.2, -0.15) is 18.3 Å². The van der Waals surface area contributed by atoms with Crippen molar-refractivity contribution in [3.05, 3.63) is 47.9 Å². The van der Waals surface area contributed by atoms with E-state index in [1.165, 1.54) is 18.5 Å². The molecular formula is C19H20F3N5O. The van der Waals surface area contributed by atoms with Crippen LogP contribution in [0, 0.1) is 0 Å². The minimum absolute atomic E-state index is 0.133. The van der Waals surface area contributed by atoms with Crippen LogP contribution in [-0.2, 0) is 17.3 Å². The molecule has 6 nitrogen and oxygen atoms in total. The minimum atomic E-state index is -4.30. The van der Waals surface area contributed by atoms with Crippen LogP contribution < -0.4 is 5.32 Å². The monoisotopic (exact) mass is 391 g/mol. The van der Waals surface area contributed by atoms with Crippen LogP contribution in [0.3, 0.4) is 0 Å². The highest BCUT2D eigenvalue weighted by atomic mass is 19.4. The van der Waals surface area contributed by atoms with Crippen molar-refractivity contribution in [1.82, 2.24) is 20.2 Å². The van der Waals surface area contributed by atoms with Crippen molar-refractivity contribution < 1.29 is 17.9 Å². The maximum absolute atomic E-state index is 12.6. The summed E-state index contributed by atoms with van der Waals surface area (Å²) in [4.78, 5) is 8.41. The molecule has 3 aromatic rings. The first kappa shape index (κ1) is 18.7. The summed E-state index contributed by atoms with van der Waals surface area (Å²) >= 11 is 0. The van der Waals surface area contributed by atoms with E-state index in [1.807, 2.05) is 0 Å². The van der Waals surface area contributed by atoms with Gasteiger partial charge in [-0.25, -0.2) is 9.97 Å². The van der Waals surface area contributed by atoms with Crippen molar-refractivity contribution >= 4 is 16.9 Å². The van der Waals surface area contributed by atoms with Crippen LogP contribution in [0.4, 0.5) is 19.0 Å². The van der Waals surface area contributed by atoms with Crippen LogP contribution >= 0.6 is 0 Å². The lowest BCUT2D eigenvalue weighted by Crippen LogP contribution is -2.19. The highest BCUT2D eigenvalue weighted by Gasteiger charge is 2.30. The van der Waals surface area contributed by atoms with Gasteiger partial charge in [0.05, 0.1) is 29.9 Å². The van der Waals surface area contributed by atoms with Crippen LogP contribution in [0.5, 0.6) is 0 Å². The number of ether oxygens (including phenoxy) is 1. The number of nitrogens with zero attached hydrogens (tertiary/aromatic N) is 3. The van der Waals surface area contributed by atoms with Gasteiger partial charge in [-0.15, -0.1) is 0 Å². The van der Waals surface area contributed by atoms with Crippen molar-refractivity contribution in [1.29, 1.82) is 0 Å². The van der Waals surface area contributed by atoms with E-state index < -0.39 is 11.7 Å². The van der Waals surface area contributed by atoms with E-state index in [2.05, 4.69) is 25.5 Å². The number of aromatic amines is 1. The zero-order valence-electron chi connectivity index (χ0n) is 15.0. The van der Waals surface area contributed by atoms with Crippen LogP contribution in [0.1, 0.15) is 30.4 Å². The zero-order valence-corrected chi connectivity index (χ0v) is 15.0. The third-order valence-electron chi connectivity index (χ3n) is 5.00. The molecule has 1 aliphatic rings. The Labute approximate surface area is 159 Å². The summed E-state index contributed by atoms with van der Waals surface area (Å²) in [6.45, 7) is 0.488. The standard InChI is InChI=1S/C19H20F3N5O/c20-19(21,22)13-3-1-12(2-4-13)7-8-28-15-6-5-14(9-15)26-17-16-10-25-27-18(16)24-11-23-17/h1-4,10-11,14-15H,5-9H2,(H2,23,24,25,26,27)/t14-,15-/m0/s1. The number of rotatable bonds is 6.